The van der Waals surface area contributed by atoms with E-state index in [0.29, 0.717) is 30.4 Å². The molecule has 1 fully saturated rings. The maximum atomic E-state index is 13.2. The van der Waals surface area contributed by atoms with Gasteiger partial charge in [-0.3, -0.25) is 9.59 Å². The van der Waals surface area contributed by atoms with Crippen LogP contribution in [-0.4, -0.2) is 24.4 Å². The fourth-order valence-electron chi connectivity index (χ4n) is 3.86. The van der Waals surface area contributed by atoms with Crippen LogP contribution >= 0.6 is 0 Å². The molecular formula is C22H27FN3O2+. The quantitative estimate of drug-likeness (QED) is 0.685. The smallest absolute Gasteiger partial charge is 0.279 e. The van der Waals surface area contributed by atoms with Crippen molar-refractivity contribution in [2.75, 3.05) is 11.9 Å². The van der Waals surface area contributed by atoms with E-state index in [1.54, 1.807) is 36.4 Å². The molecule has 1 atom stereocenters. The third-order valence-corrected chi connectivity index (χ3v) is 5.37. The van der Waals surface area contributed by atoms with E-state index in [4.69, 9.17) is 5.73 Å². The van der Waals surface area contributed by atoms with Gasteiger partial charge in [0.15, 0.2) is 6.54 Å². The highest BCUT2D eigenvalue weighted by atomic mass is 19.1. The number of benzene rings is 2. The summed E-state index contributed by atoms with van der Waals surface area (Å²) in [7, 11) is 0. The van der Waals surface area contributed by atoms with Gasteiger partial charge in [-0.25, -0.2) is 4.39 Å². The van der Waals surface area contributed by atoms with E-state index in [0.717, 1.165) is 18.4 Å². The maximum absolute atomic E-state index is 13.2. The SMILES string of the molecule is NC(=O)c1ccc(NC(=O)C[NH+](Cc2ccc(F)cc2)C2CCCCC2)cc1. The lowest BCUT2D eigenvalue weighted by molar-refractivity contribution is -0.932. The number of carbonyl (C=O) groups is 2. The molecule has 1 unspecified atom stereocenters. The summed E-state index contributed by atoms with van der Waals surface area (Å²) in [5, 5.41) is 2.90. The molecule has 1 aliphatic rings. The molecule has 0 aliphatic heterocycles. The number of quaternary nitrogens is 1. The zero-order valence-electron chi connectivity index (χ0n) is 15.9. The minimum Gasteiger partial charge on any atom is -0.366 e. The minimum atomic E-state index is -0.495. The fourth-order valence-corrected chi connectivity index (χ4v) is 3.86. The van der Waals surface area contributed by atoms with E-state index >= 15 is 0 Å². The first kappa shape index (κ1) is 20.0. The van der Waals surface area contributed by atoms with Crippen molar-refractivity contribution in [1.29, 1.82) is 0 Å². The van der Waals surface area contributed by atoms with Gasteiger partial charge in [-0.1, -0.05) is 18.6 Å². The Labute approximate surface area is 164 Å². The minimum absolute atomic E-state index is 0.0745. The Kier molecular flexibility index (Phi) is 6.76. The van der Waals surface area contributed by atoms with Crippen LogP contribution in [0.2, 0.25) is 0 Å². The summed E-state index contributed by atoms with van der Waals surface area (Å²) in [6.45, 7) is 1.04. The lowest BCUT2D eigenvalue weighted by Gasteiger charge is -2.31. The number of nitrogens with two attached hydrogens (primary N) is 1. The number of hydrogen-bond acceptors (Lipinski definition) is 2. The van der Waals surface area contributed by atoms with E-state index in [-0.39, 0.29) is 11.7 Å². The van der Waals surface area contributed by atoms with Gasteiger partial charge in [0.1, 0.15) is 12.4 Å². The van der Waals surface area contributed by atoms with Crippen molar-refractivity contribution in [3.05, 3.63) is 65.5 Å². The third-order valence-electron chi connectivity index (χ3n) is 5.37. The molecule has 2 aromatic rings. The Balaban J connectivity index is 1.66. The molecule has 28 heavy (non-hydrogen) atoms. The standard InChI is InChI=1S/C22H26FN3O2/c23-18-10-6-16(7-11-18)14-26(20-4-2-1-3-5-20)15-21(27)25-19-12-8-17(9-13-19)22(24)28/h6-13,20H,1-5,14-15H2,(H2,24,28)(H,25,27)/p+1. The molecule has 0 heterocycles. The second-order valence-electron chi connectivity index (χ2n) is 7.46. The van der Waals surface area contributed by atoms with Gasteiger partial charge in [-0.05, 0) is 62.1 Å². The summed E-state index contributed by atoms with van der Waals surface area (Å²) in [6, 6.07) is 13.5. The summed E-state index contributed by atoms with van der Waals surface area (Å²) in [5.74, 6) is -0.820. The summed E-state index contributed by atoms with van der Waals surface area (Å²) < 4.78 is 13.2. The molecular weight excluding hydrogens is 357 g/mol. The highest BCUT2D eigenvalue weighted by molar-refractivity contribution is 5.95. The van der Waals surface area contributed by atoms with Crippen molar-refractivity contribution >= 4 is 17.5 Å². The molecule has 5 nitrogen and oxygen atoms in total. The summed E-state index contributed by atoms with van der Waals surface area (Å²) >= 11 is 0. The largest absolute Gasteiger partial charge is 0.366 e. The molecule has 2 amide bonds. The van der Waals surface area contributed by atoms with Crippen LogP contribution in [0.5, 0.6) is 0 Å². The number of anilines is 1. The normalized spacial score (nSPS) is 15.8. The molecule has 148 valence electrons. The Bertz CT molecular complexity index is 800. The molecule has 0 bridgehead atoms. The van der Waals surface area contributed by atoms with Crippen LogP contribution < -0.4 is 16.0 Å². The van der Waals surface area contributed by atoms with E-state index in [1.807, 2.05) is 0 Å². The van der Waals surface area contributed by atoms with Gasteiger partial charge in [-0.15, -0.1) is 0 Å². The Morgan fingerprint density at radius 1 is 1.00 bits per heavy atom. The lowest BCUT2D eigenvalue weighted by atomic mass is 9.93. The van der Waals surface area contributed by atoms with Gasteiger partial charge in [0.25, 0.3) is 5.91 Å². The summed E-state index contributed by atoms with van der Waals surface area (Å²) in [6.07, 6.45) is 5.84. The van der Waals surface area contributed by atoms with Crippen molar-refractivity contribution in [2.24, 2.45) is 5.73 Å². The second kappa shape index (κ2) is 9.46. The van der Waals surface area contributed by atoms with Gasteiger partial charge < -0.3 is 16.0 Å². The fraction of sp³-hybridized carbons (Fsp3) is 0.364. The van der Waals surface area contributed by atoms with Crippen molar-refractivity contribution in [2.45, 2.75) is 44.7 Å². The number of halogens is 1. The van der Waals surface area contributed by atoms with E-state index in [2.05, 4.69) is 5.32 Å². The summed E-state index contributed by atoms with van der Waals surface area (Å²) in [4.78, 5) is 25.0. The van der Waals surface area contributed by atoms with Crippen LogP contribution in [0.15, 0.2) is 48.5 Å². The maximum Gasteiger partial charge on any atom is 0.279 e. The number of nitrogens with one attached hydrogen (secondary N) is 2. The number of primary amides is 1. The molecule has 0 spiro atoms. The summed E-state index contributed by atoms with van der Waals surface area (Å²) in [5.41, 5.74) is 7.32. The first-order valence-corrected chi connectivity index (χ1v) is 9.80. The third kappa shape index (κ3) is 5.63. The predicted octanol–water partition coefficient (Wildman–Crippen LogP) is 2.28. The van der Waals surface area contributed by atoms with E-state index in [1.165, 1.54) is 36.3 Å². The topological polar surface area (TPSA) is 76.6 Å². The molecule has 1 saturated carbocycles. The molecule has 3 rings (SSSR count). The van der Waals surface area contributed by atoms with Crippen LogP contribution in [0.4, 0.5) is 10.1 Å². The number of amides is 2. The van der Waals surface area contributed by atoms with Gasteiger partial charge in [0.2, 0.25) is 5.91 Å². The van der Waals surface area contributed by atoms with Crippen molar-refractivity contribution in [3.63, 3.8) is 0 Å². The zero-order valence-corrected chi connectivity index (χ0v) is 15.9. The van der Waals surface area contributed by atoms with Crippen molar-refractivity contribution in [3.8, 4) is 0 Å². The zero-order chi connectivity index (χ0) is 19.9. The molecule has 6 heteroatoms. The molecule has 2 aromatic carbocycles. The van der Waals surface area contributed by atoms with Crippen LogP contribution in [0, 0.1) is 5.82 Å². The average molecular weight is 384 g/mol. The Hall–Kier alpha value is -2.73. The molecule has 1 aliphatic carbocycles. The van der Waals surface area contributed by atoms with Crippen LogP contribution in [0.1, 0.15) is 48.0 Å². The second-order valence-corrected chi connectivity index (χ2v) is 7.46. The van der Waals surface area contributed by atoms with E-state index in [9.17, 15) is 14.0 Å². The molecule has 0 saturated heterocycles. The van der Waals surface area contributed by atoms with Gasteiger partial charge in [0, 0.05) is 16.8 Å². The monoisotopic (exact) mass is 384 g/mol. The van der Waals surface area contributed by atoms with Gasteiger partial charge in [0.05, 0.1) is 6.04 Å². The molecule has 4 N–H and O–H groups in total. The number of carbonyl (C=O) groups excluding carboxylic acids is 2. The number of hydrogen-bond donors (Lipinski definition) is 3. The van der Waals surface area contributed by atoms with Crippen molar-refractivity contribution in [1.82, 2.24) is 0 Å². The Morgan fingerprint density at radius 3 is 2.25 bits per heavy atom. The van der Waals surface area contributed by atoms with Gasteiger partial charge in [-0.2, -0.15) is 0 Å². The molecule has 0 radical (unpaired) electrons. The van der Waals surface area contributed by atoms with Crippen LogP contribution in [0.3, 0.4) is 0 Å². The Morgan fingerprint density at radius 2 is 1.64 bits per heavy atom. The molecule has 0 aromatic heterocycles. The highest BCUT2D eigenvalue weighted by Crippen LogP contribution is 2.16. The predicted molar refractivity (Wildman–Crippen MR) is 106 cm³/mol. The van der Waals surface area contributed by atoms with E-state index < -0.39 is 5.91 Å². The van der Waals surface area contributed by atoms with Crippen LogP contribution in [0.25, 0.3) is 0 Å². The first-order chi connectivity index (χ1) is 13.5. The highest BCUT2D eigenvalue weighted by Gasteiger charge is 2.27. The first-order valence-electron chi connectivity index (χ1n) is 9.80. The number of rotatable bonds is 7. The van der Waals surface area contributed by atoms with Crippen LogP contribution in [-0.2, 0) is 11.3 Å². The average Bonchev–Trinajstić information content (AvgIpc) is 2.70. The van der Waals surface area contributed by atoms with Gasteiger partial charge >= 0.3 is 0 Å². The lowest BCUT2D eigenvalue weighted by Crippen LogP contribution is -3.15. The van der Waals surface area contributed by atoms with Crippen molar-refractivity contribution < 1.29 is 18.9 Å².